The molecule has 11 heavy (non-hydrogen) atoms. The highest BCUT2D eigenvalue weighted by atomic mass is 14.9. The summed E-state index contributed by atoms with van der Waals surface area (Å²) in [4.78, 5) is 8.62. The average molecular weight is 146 g/mol. The zero-order valence-corrected chi connectivity index (χ0v) is 6.96. The Labute approximate surface area is 67.5 Å². The predicted molar refractivity (Wildman–Crippen MR) is 46.9 cm³/mol. The molecule has 1 aromatic rings. The molecule has 0 N–H and O–H groups in total. The van der Waals surface area contributed by atoms with Gasteiger partial charge in [-0.05, 0) is 31.4 Å². The second-order valence-electron chi connectivity index (χ2n) is 3.26. The van der Waals surface area contributed by atoms with E-state index in [2.05, 4.69) is 16.0 Å². The zero-order valence-electron chi connectivity index (χ0n) is 6.96. The van der Waals surface area contributed by atoms with Crippen molar-refractivity contribution in [2.24, 2.45) is 0 Å². The van der Waals surface area contributed by atoms with Crippen molar-refractivity contribution in [1.29, 1.82) is 0 Å². The molecule has 1 saturated carbocycles. The molecule has 0 atom stereocenters. The van der Waals surface area contributed by atoms with Crippen molar-refractivity contribution >= 4 is 13.4 Å². The molecule has 3 heteroatoms. The second-order valence-corrected chi connectivity index (χ2v) is 3.26. The monoisotopic (exact) mass is 146 g/mol. The molecule has 2 nitrogen and oxygen atoms in total. The average Bonchev–Trinajstić information content (AvgIpc) is 2.64. The van der Waals surface area contributed by atoms with E-state index in [1.807, 2.05) is 14.8 Å². The fourth-order valence-electron chi connectivity index (χ4n) is 1.33. The van der Waals surface area contributed by atoms with Crippen LogP contribution in [0.4, 0.5) is 0 Å². The Hall–Kier alpha value is -0.855. The molecule has 0 unspecified atom stereocenters. The summed E-state index contributed by atoms with van der Waals surface area (Å²) in [7, 11) is 2.03. The third-order valence-corrected chi connectivity index (χ3v) is 1.98. The van der Waals surface area contributed by atoms with Crippen LogP contribution in [-0.2, 0) is 0 Å². The zero-order chi connectivity index (χ0) is 7.84. The van der Waals surface area contributed by atoms with Gasteiger partial charge in [-0.3, -0.25) is 0 Å². The van der Waals surface area contributed by atoms with Crippen LogP contribution in [0.2, 0.25) is 0 Å². The van der Waals surface area contributed by atoms with Crippen LogP contribution in [0.3, 0.4) is 0 Å². The van der Waals surface area contributed by atoms with Crippen LogP contribution in [0.1, 0.15) is 30.3 Å². The van der Waals surface area contributed by atoms with Crippen LogP contribution in [0.15, 0.2) is 6.07 Å². The first kappa shape index (κ1) is 6.83. The SMILES string of the molecule is Bc1cc(C2CC2)nc(C)n1. The highest BCUT2D eigenvalue weighted by Gasteiger charge is 2.25. The molecule has 0 aliphatic heterocycles. The molecule has 1 aliphatic carbocycles. The molecule has 0 aromatic carbocycles. The summed E-state index contributed by atoms with van der Waals surface area (Å²) >= 11 is 0. The Bertz CT molecular complexity index is 261. The molecule has 0 spiro atoms. The molecule has 0 bridgehead atoms. The van der Waals surface area contributed by atoms with E-state index in [0.717, 1.165) is 17.3 Å². The first-order chi connectivity index (χ1) is 5.25. The van der Waals surface area contributed by atoms with Crippen molar-refractivity contribution in [1.82, 2.24) is 9.97 Å². The number of hydrogen-bond donors (Lipinski definition) is 0. The van der Waals surface area contributed by atoms with Gasteiger partial charge in [0.25, 0.3) is 0 Å². The Morgan fingerprint density at radius 2 is 2.18 bits per heavy atom. The molecular formula is C8H11BN2. The van der Waals surface area contributed by atoms with Crippen molar-refractivity contribution in [3.63, 3.8) is 0 Å². The van der Waals surface area contributed by atoms with Gasteiger partial charge >= 0.3 is 0 Å². The summed E-state index contributed by atoms with van der Waals surface area (Å²) in [6.45, 7) is 1.96. The fourth-order valence-corrected chi connectivity index (χ4v) is 1.33. The maximum atomic E-state index is 4.38. The summed E-state index contributed by atoms with van der Waals surface area (Å²) in [6, 6.07) is 2.10. The largest absolute Gasteiger partial charge is 0.249 e. The maximum Gasteiger partial charge on any atom is 0.164 e. The lowest BCUT2D eigenvalue weighted by Crippen LogP contribution is -2.12. The van der Waals surface area contributed by atoms with Gasteiger partial charge in [-0.2, -0.15) is 0 Å². The van der Waals surface area contributed by atoms with Crippen LogP contribution in [0.25, 0.3) is 0 Å². The van der Waals surface area contributed by atoms with Gasteiger partial charge in [-0.15, -0.1) is 0 Å². The Balaban J connectivity index is 2.39. The van der Waals surface area contributed by atoms with Gasteiger partial charge < -0.3 is 0 Å². The standard InChI is InChI=1S/C8H11BN2/c1-5-10-7(6-2-3-6)4-8(9)11-5/h4,6H,2-3,9H2,1H3. The van der Waals surface area contributed by atoms with E-state index in [1.165, 1.54) is 18.5 Å². The van der Waals surface area contributed by atoms with E-state index in [4.69, 9.17) is 0 Å². The molecule has 56 valence electrons. The molecule has 1 fully saturated rings. The van der Waals surface area contributed by atoms with E-state index in [-0.39, 0.29) is 0 Å². The quantitative estimate of drug-likeness (QED) is 0.518. The first-order valence-corrected chi connectivity index (χ1v) is 4.08. The van der Waals surface area contributed by atoms with Crippen LogP contribution >= 0.6 is 0 Å². The fraction of sp³-hybridized carbons (Fsp3) is 0.500. The second kappa shape index (κ2) is 2.33. The Morgan fingerprint density at radius 3 is 2.73 bits per heavy atom. The van der Waals surface area contributed by atoms with Crippen LogP contribution in [0.5, 0.6) is 0 Å². The van der Waals surface area contributed by atoms with Crippen LogP contribution < -0.4 is 5.59 Å². The molecule has 1 heterocycles. The van der Waals surface area contributed by atoms with Crippen molar-refractivity contribution < 1.29 is 0 Å². The van der Waals surface area contributed by atoms with E-state index < -0.39 is 0 Å². The van der Waals surface area contributed by atoms with Crippen LogP contribution in [0, 0.1) is 6.92 Å². The molecule has 0 amide bonds. The van der Waals surface area contributed by atoms with E-state index >= 15 is 0 Å². The third kappa shape index (κ3) is 1.42. The topological polar surface area (TPSA) is 25.8 Å². The highest BCUT2D eigenvalue weighted by molar-refractivity contribution is 6.30. The minimum Gasteiger partial charge on any atom is -0.249 e. The minimum atomic E-state index is 0.746. The van der Waals surface area contributed by atoms with Crippen molar-refractivity contribution in [3.8, 4) is 0 Å². The minimum absolute atomic E-state index is 0.746. The summed E-state index contributed by atoms with van der Waals surface area (Å²) in [5.74, 6) is 1.65. The number of hydrogen-bond acceptors (Lipinski definition) is 2. The number of aromatic nitrogens is 2. The number of nitrogens with zero attached hydrogens (tertiary/aromatic N) is 2. The molecule has 1 aliphatic rings. The van der Waals surface area contributed by atoms with E-state index in [1.54, 1.807) is 0 Å². The van der Waals surface area contributed by atoms with E-state index in [9.17, 15) is 0 Å². The highest BCUT2D eigenvalue weighted by Crippen LogP contribution is 2.38. The van der Waals surface area contributed by atoms with Gasteiger partial charge in [0.2, 0.25) is 0 Å². The molecular weight excluding hydrogens is 135 g/mol. The first-order valence-electron chi connectivity index (χ1n) is 4.08. The van der Waals surface area contributed by atoms with Gasteiger partial charge in [0.15, 0.2) is 7.85 Å². The molecule has 2 rings (SSSR count). The maximum absolute atomic E-state index is 4.38. The summed E-state index contributed by atoms with van der Waals surface area (Å²) in [6.07, 6.45) is 2.63. The number of aryl methyl sites for hydroxylation is 1. The molecule has 0 saturated heterocycles. The summed E-state index contributed by atoms with van der Waals surface area (Å²) in [5.41, 5.74) is 2.34. The van der Waals surface area contributed by atoms with Crippen molar-refractivity contribution in [3.05, 3.63) is 17.6 Å². The summed E-state index contributed by atoms with van der Waals surface area (Å²) < 4.78 is 0. The van der Waals surface area contributed by atoms with Crippen molar-refractivity contribution in [2.45, 2.75) is 25.7 Å². The lowest BCUT2D eigenvalue weighted by molar-refractivity contribution is 0.953. The lowest BCUT2D eigenvalue weighted by Gasteiger charge is -2.00. The normalized spacial score (nSPS) is 16.8. The van der Waals surface area contributed by atoms with Gasteiger partial charge in [0, 0.05) is 11.6 Å². The van der Waals surface area contributed by atoms with E-state index in [0.29, 0.717) is 0 Å². The van der Waals surface area contributed by atoms with Crippen molar-refractivity contribution in [2.75, 3.05) is 0 Å². The number of rotatable bonds is 1. The van der Waals surface area contributed by atoms with Gasteiger partial charge in [-0.1, -0.05) is 0 Å². The molecule has 1 aromatic heterocycles. The van der Waals surface area contributed by atoms with Gasteiger partial charge in [-0.25, -0.2) is 9.97 Å². The summed E-state index contributed by atoms with van der Waals surface area (Å²) in [5, 5.41) is 0. The molecule has 0 radical (unpaired) electrons. The Kier molecular flexibility index (Phi) is 1.45. The predicted octanol–water partition coefficient (Wildman–Crippen LogP) is -0.0792. The smallest absolute Gasteiger partial charge is 0.164 e. The van der Waals surface area contributed by atoms with Gasteiger partial charge in [0.05, 0.1) is 0 Å². The third-order valence-electron chi connectivity index (χ3n) is 1.98. The van der Waals surface area contributed by atoms with Gasteiger partial charge in [0.1, 0.15) is 5.82 Å². The lowest BCUT2D eigenvalue weighted by atomic mass is 10.0. The van der Waals surface area contributed by atoms with Crippen LogP contribution in [-0.4, -0.2) is 17.8 Å². The Morgan fingerprint density at radius 1 is 1.45 bits per heavy atom.